The number of rotatable bonds is 1. The van der Waals surface area contributed by atoms with E-state index in [0.717, 1.165) is 10.2 Å². The van der Waals surface area contributed by atoms with Crippen LogP contribution in [0.1, 0.15) is 12.8 Å². The molecule has 0 radical (unpaired) electrons. The van der Waals surface area contributed by atoms with Gasteiger partial charge >= 0.3 is 0 Å². The summed E-state index contributed by atoms with van der Waals surface area (Å²) < 4.78 is 0.784. The highest BCUT2D eigenvalue weighted by atomic mass is 79.9. The fourth-order valence-electron chi connectivity index (χ4n) is 2.63. The van der Waals surface area contributed by atoms with Crippen LogP contribution in [0.4, 0.5) is 5.69 Å². The average Bonchev–Trinajstić information content (AvgIpc) is 2.46. The highest BCUT2D eigenvalue weighted by Crippen LogP contribution is 2.37. The first-order valence-corrected chi connectivity index (χ1v) is 7.47. The molecule has 7 heteroatoms. The molecule has 0 spiro atoms. The summed E-state index contributed by atoms with van der Waals surface area (Å²) in [4.78, 5) is 16.1. The minimum absolute atomic E-state index is 0.269. The lowest BCUT2D eigenvalue weighted by atomic mass is 10.1. The molecule has 1 saturated heterocycles. The zero-order valence-corrected chi connectivity index (χ0v) is 12.7. The Labute approximate surface area is 128 Å². The van der Waals surface area contributed by atoms with Gasteiger partial charge < -0.3 is 25.2 Å². The quantitative estimate of drug-likeness (QED) is 0.624. The molecule has 3 rings (SSSR count). The Morgan fingerprint density at radius 1 is 1.19 bits per heavy atom. The first-order chi connectivity index (χ1) is 9.97. The van der Waals surface area contributed by atoms with E-state index in [9.17, 15) is 20.1 Å². The zero-order chi connectivity index (χ0) is 15.1. The number of fused-ring (bicyclic) bond motifs is 1. The number of nitrogens with one attached hydrogen (secondary N) is 1. The van der Waals surface area contributed by atoms with Crippen molar-refractivity contribution < 1.29 is 15.3 Å². The third kappa shape index (κ3) is 2.47. The smallest absolute Gasteiger partial charge is 0.294 e. The molecule has 0 atom stereocenters. The third-order valence-corrected chi connectivity index (χ3v) is 4.47. The van der Waals surface area contributed by atoms with E-state index >= 15 is 0 Å². The monoisotopic (exact) mass is 354 g/mol. The number of anilines is 1. The molecule has 1 aliphatic heterocycles. The SMILES string of the molecule is O=c1[nH]c2cc(Br)c(N3CCC(O)CC3)cc2c(O)c1O. The van der Waals surface area contributed by atoms with Crippen LogP contribution in [-0.4, -0.2) is 39.5 Å². The van der Waals surface area contributed by atoms with Crippen LogP contribution < -0.4 is 10.5 Å². The maximum Gasteiger partial charge on any atom is 0.294 e. The molecule has 21 heavy (non-hydrogen) atoms. The van der Waals surface area contributed by atoms with Crippen LogP contribution in [-0.2, 0) is 0 Å². The molecule has 1 aliphatic rings. The predicted molar refractivity (Wildman–Crippen MR) is 83.1 cm³/mol. The maximum atomic E-state index is 11.5. The van der Waals surface area contributed by atoms with Crippen molar-refractivity contribution >= 4 is 32.5 Å². The van der Waals surface area contributed by atoms with Gasteiger partial charge in [-0.15, -0.1) is 0 Å². The van der Waals surface area contributed by atoms with Gasteiger partial charge in [0.05, 0.1) is 17.3 Å². The Bertz CT molecular complexity index is 751. The van der Waals surface area contributed by atoms with Crippen molar-refractivity contribution in [2.75, 3.05) is 18.0 Å². The van der Waals surface area contributed by atoms with Crippen molar-refractivity contribution in [3.63, 3.8) is 0 Å². The van der Waals surface area contributed by atoms with Crippen molar-refractivity contribution in [2.45, 2.75) is 18.9 Å². The fourth-order valence-corrected chi connectivity index (χ4v) is 3.22. The van der Waals surface area contributed by atoms with Crippen molar-refractivity contribution in [3.8, 4) is 11.5 Å². The van der Waals surface area contributed by atoms with Gasteiger partial charge in [-0.1, -0.05) is 0 Å². The molecule has 0 amide bonds. The molecule has 0 saturated carbocycles. The lowest BCUT2D eigenvalue weighted by molar-refractivity contribution is 0.145. The predicted octanol–water partition coefficient (Wildman–Crippen LogP) is 1.66. The van der Waals surface area contributed by atoms with Crippen LogP contribution in [0.3, 0.4) is 0 Å². The van der Waals surface area contributed by atoms with Crippen LogP contribution >= 0.6 is 15.9 Å². The molecule has 1 aromatic carbocycles. The molecule has 4 N–H and O–H groups in total. The molecule has 6 nitrogen and oxygen atoms in total. The molecule has 112 valence electrons. The number of H-pyrrole nitrogens is 1. The van der Waals surface area contributed by atoms with Gasteiger partial charge in [-0.05, 0) is 40.9 Å². The van der Waals surface area contributed by atoms with E-state index < -0.39 is 17.1 Å². The van der Waals surface area contributed by atoms with Crippen LogP contribution in [0.25, 0.3) is 10.9 Å². The van der Waals surface area contributed by atoms with Crippen molar-refractivity contribution in [1.29, 1.82) is 0 Å². The lowest BCUT2D eigenvalue weighted by Gasteiger charge is -2.32. The Hall–Kier alpha value is -1.73. The Balaban J connectivity index is 2.12. The van der Waals surface area contributed by atoms with E-state index in [-0.39, 0.29) is 6.10 Å². The van der Waals surface area contributed by atoms with Crippen molar-refractivity contribution in [2.24, 2.45) is 0 Å². The van der Waals surface area contributed by atoms with Crippen LogP contribution in [0.5, 0.6) is 11.5 Å². The molecule has 2 heterocycles. The van der Waals surface area contributed by atoms with Gasteiger partial charge in [0.2, 0.25) is 5.75 Å². The fraction of sp³-hybridized carbons (Fsp3) is 0.357. The van der Waals surface area contributed by atoms with Crippen molar-refractivity contribution in [3.05, 3.63) is 27.0 Å². The summed E-state index contributed by atoms with van der Waals surface area (Å²) in [6, 6.07) is 3.43. The molecular weight excluding hydrogens is 340 g/mol. The topological polar surface area (TPSA) is 96.8 Å². The summed E-state index contributed by atoms with van der Waals surface area (Å²) in [7, 11) is 0. The number of piperidine rings is 1. The second-order valence-corrected chi connectivity index (χ2v) is 6.07. The Morgan fingerprint density at radius 3 is 2.52 bits per heavy atom. The summed E-state index contributed by atoms with van der Waals surface area (Å²) in [6.07, 6.45) is 1.11. The number of aromatic hydroxyl groups is 2. The summed E-state index contributed by atoms with van der Waals surface area (Å²) >= 11 is 3.47. The van der Waals surface area contributed by atoms with Crippen LogP contribution in [0.15, 0.2) is 21.4 Å². The third-order valence-electron chi connectivity index (χ3n) is 3.83. The first-order valence-electron chi connectivity index (χ1n) is 6.68. The normalized spacial score (nSPS) is 16.6. The van der Waals surface area contributed by atoms with E-state index in [4.69, 9.17) is 0 Å². The standard InChI is InChI=1S/C14H15BrN2O4/c15-9-6-10-8(12(19)13(20)14(21)16-10)5-11(9)17-3-1-7(18)2-4-17/h5-7,18,20H,1-4H2,(H2,16,19,21). The second-order valence-electron chi connectivity index (χ2n) is 5.22. The molecule has 0 bridgehead atoms. The number of pyridine rings is 1. The van der Waals surface area contributed by atoms with Gasteiger partial charge in [0.15, 0.2) is 5.75 Å². The lowest BCUT2D eigenvalue weighted by Crippen LogP contribution is -2.36. The molecule has 1 aromatic heterocycles. The summed E-state index contributed by atoms with van der Waals surface area (Å²) in [5.74, 6) is -1.09. The van der Waals surface area contributed by atoms with E-state index in [2.05, 4.69) is 25.8 Å². The number of aromatic amines is 1. The average molecular weight is 355 g/mol. The van der Waals surface area contributed by atoms with Gasteiger partial charge in [-0.3, -0.25) is 4.79 Å². The Morgan fingerprint density at radius 2 is 1.86 bits per heavy atom. The number of nitrogens with zero attached hydrogens (tertiary/aromatic N) is 1. The number of aromatic nitrogens is 1. The van der Waals surface area contributed by atoms with E-state index in [1.165, 1.54) is 0 Å². The minimum atomic E-state index is -0.722. The highest BCUT2D eigenvalue weighted by molar-refractivity contribution is 9.10. The van der Waals surface area contributed by atoms with Gasteiger partial charge in [0, 0.05) is 22.9 Å². The number of halogens is 1. The summed E-state index contributed by atoms with van der Waals surface area (Å²) in [5, 5.41) is 29.5. The Kier molecular flexibility index (Phi) is 3.54. The number of hydrogen-bond acceptors (Lipinski definition) is 5. The van der Waals surface area contributed by atoms with Crippen LogP contribution in [0, 0.1) is 0 Å². The number of benzene rings is 1. The number of aliphatic hydroxyl groups is 1. The molecule has 2 aromatic rings. The van der Waals surface area contributed by atoms with Gasteiger partial charge in [0.25, 0.3) is 5.56 Å². The van der Waals surface area contributed by atoms with Gasteiger partial charge in [-0.25, -0.2) is 0 Å². The van der Waals surface area contributed by atoms with Gasteiger partial charge in [-0.2, -0.15) is 0 Å². The van der Waals surface area contributed by atoms with E-state index in [1.807, 2.05) is 0 Å². The number of aliphatic hydroxyl groups excluding tert-OH is 1. The summed E-state index contributed by atoms with van der Waals surface area (Å²) in [6.45, 7) is 1.42. The number of hydrogen-bond donors (Lipinski definition) is 4. The molecule has 0 unspecified atom stereocenters. The second kappa shape index (κ2) is 5.23. The van der Waals surface area contributed by atoms with Gasteiger partial charge in [0.1, 0.15) is 0 Å². The molecule has 1 fully saturated rings. The van der Waals surface area contributed by atoms with Crippen molar-refractivity contribution in [1.82, 2.24) is 4.98 Å². The maximum absolute atomic E-state index is 11.5. The molecular formula is C14H15BrN2O4. The summed E-state index contributed by atoms with van der Waals surface area (Å²) in [5.41, 5.74) is 0.583. The highest BCUT2D eigenvalue weighted by Gasteiger charge is 2.21. The zero-order valence-electron chi connectivity index (χ0n) is 11.1. The van der Waals surface area contributed by atoms with Crippen LogP contribution in [0.2, 0.25) is 0 Å². The first kappa shape index (κ1) is 14.2. The van der Waals surface area contributed by atoms with E-state index in [1.54, 1.807) is 12.1 Å². The van der Waals surface area contributed by atoms with E-state index in [0.29, 0.717) is 36.8 Å². The minimum Gasteiger partial charge on any atom is -0.504 e. The largest absolute Gasteiger partial charge is 0.504 e. The molecule has 0 aliphatic carbocycles.